The smallest absolute Gasteiger partial charge is 0.220 e. The Bertz CT molecular complexity index is 888. The minimum Gasteiger partial charge on any atom is -0.369 e. The molecule has 4 rings (SSSR count). The lowest BCUT2D eigenvalue weighted by atomic mass is 9.77. The molecule has 3 heterocycles. The molecule has 2 aliphatic rings. The highest BCUT2D eigenvalue weighted by molar-refractivity contribution is 5.94. The molecule has 2 aliphatic heterocycles. The second-order valence-corrected chi connectivity index (χ2v) is 9.65. The maximum atomic E-state index is 12.8. The number of anilines is 1. The van der Waals surface area contributed by atoms with Gasteiger partial charge in [-0.15, -0.1) is 0 Å². The Balaban J connectivity index is 1.43. The first-order valence-corrected chi connectivity index (χ1v) is 10.9. The lowest BCUT2D eigenvalue weighted by Gasteiger charge is -2.37. The normalized spacial score (nSPS) is 24.8. The third kappa shape index (κ3) is 4.25. The summed E-state index contributed by atoms with van der Waals surface area (Å²) >= 11 is 0. The summed E-state index contributed by atoms with van der Waals surface area (Å²) < 4.78 is 0. The number of carbonyl (C=O) groups is 1. The predicted octanol–water partition coefficient (Wildman–Crippen LogP) is 3.61. The summed E-state index contributed by atoms with van der Waals surface area (Å²) in [6, 6.07) is 8.72. The van der Waals surface area contributed by atoms with E-state index in [0.29, 0.717) is 12.3 Å². The van der Waals surface area contributed by atoms with Gasteiger partial charge in [0, 0.05) is 36.8 Å². The maximum Gasteiger partial charge on any atom is 0.220 e. The van der Waals surface area contributed by atoms with Gasteiger partial charge in [0.1, 0.15) is 0 Å². The van der Waals surface area contributed by atoms with E-state index in [4.69, 9.17) is 0 Å². The minimum absolute atomic E-state index is 0.136. The van der Waals surface area contributed by atoms with E-state index in [0.717, 1.165) is 44.5 Å². The average molecular weight is 395 g/mol. The van der Waals surface area contributed by atoms with Crippen LogP contribution in [0.5, 0.6) is 0 Å². The molecule has 0 bridgehead atoms. The van der Waals surface area contributed by atoms with Gasteiger partial charge in [0.05, 0.1) is 11.6 Å². The van der Waals surface area contributed by atoms with Crippen molar-refractivity contribution in [3.8, 4) is 0 Å². The summed E-state index contributed by atoms with van der Waals surface area (Å²) in [5.41, 5.74) is 3.63. The molecular formula is C24H34N4O. The van der Waals surface area contributed by atoms with Gasteiger partial charge in [-0.3, -0.25) is 9.78 Å². The number of hydrogen-bond acceptors (Lipinski definition) is 4. The van der Waals surface area contributed by atoms with Crippen LogP contribution in [0, 0.1) is 18.3 Å². The van der Waals surface area contributed by atoms with E-state index in [9.17, 15) is 4.79 Å². The number of aryl methyl sites for hydroxylation is 1. The molecule has 0 radical (unpaired) electrons. The van der Waals surface area contributed by atoms with Crippen molar-refractivity contribution in [2.45, 2.75) is 46.1 Å². The zero-order chi connectivity index (χ0) is 20.6. The maximum absolute atomic E-state index is 12.8. The van der Waals surface area contributed by atoms with Crippen LogP contribution in [-0.2, 0) is 4.79 Å². The van der Waals surface area contributed by atoms with E-state index < -0.39 is 0 Å². The van der Waals surface area contributed by atoms with Crippen molar-refractivity contribution in [2.75, 3.05) is 38.1 Å². The van der Waals surface area contributed by atoms with Crippen LogP contribution in [0.2, 0.25) is 0 Å². The zero-order valence-electron chi connectivity index (χ0n) is 18.2. The quantitative estimate of drug-likeness (QED) is 0.861. The Labute approximate surface area is 174 Å². The van der Waals surface area contributed by atoms with Crippen molar-refractivity contribution in [3.05, 3.63) is 36.0 Å². The molecule has 2 fully saturated rings. The predicted molar refractivity (Wildman–Crippen MR) is 119 cm³/mol. The molecule has 5 heteroatoms. The number of piperidine rings is 1. The monoisotopic (exact) mass is 394 g/mol. The number of rotatable bonds is 4. The van der Waals surface area contributed by atoms with E-state index >= 15 is 0 Å². The van der Waals surface area contributed by atoms with Gasteiger partial charge in [0.2, 0.25) is 5.91 Å². The second kappa shape index (κ2) is 7.94. The van der Waals surface area contributed by atoms with Gasteiger partial charge in [-0.2, -0.15) is 0 Å². The Kier molecular flexibility index (Phi) is 5.52. The molecule has 0 spiro atoms. The lowest BCUT2D eigenvalue weighted by molar-refractivity contribution is -0.124. The van der Waals surface area contributed by atoms with Crippen LogP contribution in [0.3, 0.4) is 0 Å². The van der Waals surface area contributed by atoms with Gasteiger partial charge < -0.3 is 15.1 Å². The van der Waals surface area contributed by atoms with Crippen LogP contribution in [0.1, 0.15) is 38.7 Å². The Morgan fingerprint density at radius 1 is 1.24 bits per heavy atom. The summed E-state index contributed by atoms with van der Waals surface area (Å²) in [5.74, 6) is 0.642. The molecule has 1 aromatic heterocycles. The highest BCUT2D eigenvalue weighted by atomic mass is 16.1. The van der Waals surface area contributed by atoms with Crippen LogP contribution in [0.15, 0.2) is 30.5 Å². The molecule has 5 nitrogen and oxygen atoms in total. The van der Waals surface area contributed by atoms with Gasteiger partial charge in [-0.1, -0.05) is 19.9 Å². The first-order chi connectivity index (χ1) is 13.8. The molecule has 0 saturated carbocycles. The Morgan fingerprint density at radius 2 is 2.00 bits per heavy atom. The second-order valence-electron chi connectivity index (χ2n) is 9.65. The number of benzene rings is 1. The molecule has 0 unspecified atom stereocenters. The van der Waals surface area contributed by atoms with Crippen molar-refractivity contribution < 1.29 is 4.79 Å². The molecule has 156 valence electrons. The third-order valence-electron chi connectivity index (χ3n) is 7.03. The summed E-state index contributed by atoms with van der Waals surface area (Å²) in [6.07, 6.45) is 4.71. The van der Waals surface area contributed by atoms with Crippen molar-refractivity contribution >= 4 is 22.5 Å². The molecular weight excluding hydrogens is 360 g/mol. The molecule has 2 aromatic rings. The molecule has 1 amide bonds. The Hall–Kier alpha value is -2.14. The van der Waals surface area contributed by atoms with E-state index in [2.05, 4.69) is 66.1 Å². The molecule has 29 heavy (non-hydrogen) atoms. The van der Waals surface area contributed by atoms with Gasteiger partial charge in [-0.25, -0.2) is 0 Å². The molecule has 1 N–H and O–H groups in total. The highest BCUT2D eigenvalue weighted by Gasteiger charge is 2.35. The molecule has 2 saturated heterocycles. The van der Waals surface area contributed by atoms with Gasteiger partial charge in [0.15, 0.2) is 0 Å². The zero-order valence-corrected chi connectivity index (χ0v) is 18.2. The lowest BCUT2D eigenvalue weighted by Crippen LogP contribution is -2.44. The first kappa shape index (κ1) is 20.1. The third-order valence-corrected chi connectivity index (χ3v) is 7.03. The van der Waals surface area contributed by atoms with Crippen LogP contribution < -0.4 is 10.2 Å². The van der Waals surface area contributed by atoms with Crippen molar-refractivity contribution in [1.29, 1.82) is 0 Å². The van der Waals surface area contributed by atoms with Crippen molar-refractivity contribution in [2.24, 2.45) is 11.3 Å². The number of carbonyl (C=O) groups excluding carboxylic acids is 1. The molecule has 2 atom stereocenters. The van der Waals surface area contributed by atoms with E-state index in [-0.39, 0.29) is 17.4 Å². The van der Waals surface area contributed by atoms with E-state index in [1.54, 1.807) is 0 Å². The van der Waals surface area contributed by atoms with Crippen LogP contribution in [0.4, 0.5) is 5.69 Å². The SMILES string of the molecule is Cc1ccc(N2C[C@@H](C)[C@@H](NC(=O)CC3(C)CCN(C)CC3)C2)c2cccnc12. The standard InChI is InChI=1S/C24H34N4O/c1-17-7-8-21(19-6-5-11-25-23(17)19)28-15-18(2)20(16-28)26-22(29)14-24(3)9-12-27(4)13-10-24/h5-8,11,18,20H,9-10,12-16H2,1-4H3,(H,26,29)/t18-,20+/m1/s1. The summed E-state index contributed by atoms with van der Waals surface area (Å²) in [4.78, 5) is 22.2. The molecule has 1 aromatic carbocycles. The van der Waals surface area contributed by atoms with Gasteiger partial charge in [-0.05, 0) is 75.0 Å². The number of pyridine rings is 1. The number of hydrogen-bond donors (Lipinski definition) is 1. The van der Waals surface area contributed by atoms with Crippen molar-refractivity contribution in [3.63, 3.8) is 0 Å². The fraction of sp³-hybridized carbons (Fsp3) is 0.583. The summed E-state index contributed by atoms with van der Waals surface area (Å²) in [5, 5.41) is 4.56. The first-order valence-electron chi connectivity index (χ1n) is 10.9. The number of nitrogens with zero attached hydrogens (tertiary/aromatic N) is 3. The summed E-state index contributed by atoms with van der Waals surface area (Å²) in [7, 11) is 2.17. The number of amides is 1. The minimum atomic E-state index is 0.136. The van der Waals surface area contributed by atoms with Crippen LogP contribution in [-0.4, -0.2) is 55.1 Å². The van der Waals surface area contributed by atoms with E-state index in [1.165, 1.54) is 16.6 Å². The number of likely N-dealkylation sites (tertiary alicyclic amines) is 1. The fourth-order valence-electron chi connectivity index (χ4n) is 4.91. The average Bonchev–Trinajstić information content (AvgIpc) is 3.05. The van der Waals surface area contributed by atoms with Crippen LogP contribution >= 0.6 is 0 Å². The molecule has 0 aliphatic carbocycles. The number of fused-ring (bicyclic) bond motifs is 1. The number of nitrogens with one attached hydrogen (secondary N) is 1. The van der Waals surface area contributed by atoms with Gasteiger partial charge >= 0.3 is 0 Å². The van der Waals surface area contributed by atoms with Gasteiger partial charge in [0.25, 0.3) is 0 Å². The van der Waals surface area contributed by atoms with E-state index in [1.807, 2.05) is 12.3 Å². The fourth-order valence-corrected chi connectivity index (χ4v) is 4.91. The highest BCUT2D eigenvalue weighted by Crippen LogP contribution is 2.35. The van der Waals surface area contributed by atoms with Crippen molar-refractivity contribution in [1.82, 2.24) is 15.2 Å². The van der Waals surface area contributed by atoms with Crippen LogP contribution in [0.25, 0.3) is 10.9 Å². The summed E-state index contributed by atoms with van der Waals surface area (Å²) in [6.45, 7) is 10.6. The number of aromatic nitrogens is 1. The Morgan fingerprint density at radius 3 is 2.76 bits per heavy atom. The largest absolute Gasteiger partial charge is 0.369 e. The topological polar surface area (TPSA) is 48.5 Å².